The van der Waals surface area contributed by atoms with Gasteiger partial charge in [-0.2, -0.15) is 0 Å². The Morgan fingerprint density at radius 3 is 2.38 bits per heavy atom. The summed E-state index contributed by atoms with van der Waals surface area (Å²) in [6.45, 7) is 2.59. The highest BCUT2D eigenvalue weighted by molar-refractivity contribution is 7.89. The molecule has 0 aliphatic carbocycles. The van der Waals surface area contributed by atoms with E-state index in [2.05, 4.69) is 11.6 Å². The Bertz CT molecular complexity index is 528. The van der Waals surface area contributed by atoms with E-state index in [0.717, 1.165) is 19.3 Å². The summed E-state index contributed by atoms with van der Waals surface area (Å²) in [5.74, 6) is 0.799. The molecule has 0 aromatic heterocycles. The zero-order valence-electron chi connectivity index (χ0n) is 13.0. The zero-order chi connectivity index (χ0) is 15.7. The van der Waals surface area contributed by atoms with E-state index in [1.807, 2.05) is 0 Å². The van der Waals surface area contributed by atoms with E-state index in [9.17, 15) is 8.42 Å². The van der Waals surface area contributed by atoms with E-state index in [-0.39, 0.29) is 4.90 Å². The van der Waals surface area contributed by atoms with Crippen LogP contribution in [0.2, 0.25) is 0 Å². The van der Waals surface area contributed by atoms with Crippen molar-refractivity contribution in [3.8, 4) is 11.5 Å². The molecule has 0 bridgehead atoms. The number of methoxy groups -OCH3 is 2. The first-order chi connectivity index (χ1) is 10.0. The minimum absolute atomic E-state index is 0.109. The molecule has 0 amide bonds. The number of unbranched alkanes of at least 4 members (excludes halogenated alkanes) is 4. The second kappa shape index (κ2) is 8.89. The normalized spacial score (nSPS) is 11.4. The third-order valence-electron chi connectivity index (χ3n) is 3.23. The number of sulfonamides is 1. The van der Waals surface area contributed by atoms with Crippen molar-refractivity contribution in [1.82, 2.24) is 4.72 Å². The molecular formula is C15H25NO4S. The Morgan fingerprint density at radius 1 is 1.05 bits per heavy atom. The van der Waals surface area contributed by atoms with Crippen LogP contribution in [0.4, 0.5) is 0 Å². The van der Waals surface area contributed by atoms with Crippen molar-refractivity contribution in [3.63, 3.8) is 0 Å². The van der Waals surface area contributed by atoms with E-state index in [0.29, 0.717) is 18.0 Å². The summed E-state index contributed by atoms with van der Waals surface area (Å²) in [5.41, 5.74) is 0. The van der Waals surface area contributed by atoms with Gasteiger partial charge in [-0.25, -0.2) is 13.1 Å². The lowest BCUT2D eigenvalue weighted by molar-refractivity contribution is 0.392. The smallest absolute Gasteiger partial charge is 0.244 e. The highest BCUT2D eigenvalue weighted by Gasteiger charge is 2.19. The maximum absolute atomic E-state index is 12.3. The molecule has 1 aromatic rings. The monoisotopic (exact) mass is 315 g/mol. The first kappa shape index (κ1) is 17.8. The van der Waals surface area contributed by atoms with Gasteiger partial charge in [-0.1, -0.05) is 32.6 Å². The molecular weight excluding hydrogens is 290 g/mol. The Hall–Kier alpha value is -1.27. The summed E-state index contributed by atoms with van der Waals surface area (Å²) in [4.78, 5) is 0.109. The number of ether oxygens (including phenoxy) is 2. The fraction of sp³-hybridized carbons (Fsp3) is 0.600. The van der Waals surface area contributed by atoms with Crippen molar-refractivity contribution in [1.29, 1.82) is 0 Å². The van der Waals surface area contributed by atoms with Crippen LogP contribution in [0.15, 0.2) is 23.1 Å². The molecule has 0 unspecified atom stereocenters. The van der Waals surface area contributed by atoms with E-state index in [1.165, 1.54) is 33.1 Å². The molecule has 5 nitrogen and oxygen atoms in total. The van der Waals surface area contributed by atoms with Gasteiger partial charge in [-0.05, 0) is 18.6 Å². The number of nitrogens with one attached hydrogen (secondary N) is 1. The van der Waals surface area contributed by atoms with Gasteiger partial charge in [0, 0.05) is 12.6 Å². The van der Waals surface area contributed by atoms with Crippen molar-refractivity contribution in [2.24, 2.45) is 0 Å². The van der Waals surface area contributed by atoms with Crippen LogP contribution in [-0.4, -0.2) is 29.2 Å². The Morgan fingerprint density at radius 2 is 1.76 bits per heavy atom. The predicted octanol–water partition coefficient (Wildman–Crippen LogP) is 2.95. The molecule has 0 saturated carbocycles. The predicted molar refractivity (Wildman–Crippen MR) is 83.5 cm³/mol. The average Bonchev–Trinajstić information content (AvgIpc) is 2.50. The molecule has 0 saturated heterocycles. The molecule has 0 atom stereocenters. The molecule has 6 heteroatoms. The van der Waals surface area contributed by atoms with Crippen LogP contribution >= 0.6 is 0 Å². The van der Waals surface area contributed by atoms with Crippen LogP contribution in [-0.2, 0) is 10.0 Å². The van der Waals surface area contributed by atoms with Crippen LogP contribution in [0.5, 0.6) is 11.5 Å². The van der Waals surface area contributed by atoms with E-state index >= 15 is 0 Å². The lowest BCUT2D eigenvalue weighted by Crippen LogP contribution is -2.25. The Labute approximate surface area is 127 Å². The van der Waals surface area contributed by atoms with Gasteiger partial charge < -0.3 is 9.47 Å². The first-order valence-electron chi connectivity index (χ1n) is 7.27. The molecule has 0 aliphatic rings. The molecule has 1 rings (SSSR count). The van der Waals surface area contributed by atoms with E-state index in [4.69, 9.17) is 9.47 Å². The van der Waals surface area contributed by atoms with Gasteiger partial charge in [0.05, 0.1) is 14.2 Å². The topological polar surface area (TPSA) is 64.6 Å². The summed E-state index contributed by atoms with van der Waals surface area (Å²) in [7, 11) is -0.634. The first-order valence-corrected chi connectivity index (χ1v) is 8.75. The minimum atomic E-state index is -3.58. The Balaban J connectivity index is 2.69. The van der Waals surface area contributed by atoms with Crippen molar-refractivity contribution in [2.75, 3.05) is 20.8 Å². The van der Waals surface area contributed by atoms with Crippen molar-refractivity contribution >= 4 is 10.0 Å². The second-order valence-corrected chi connectivity index (χ2v) is 6.56. The number of benzene rings is 1. The zero-order valence-corrected chi connectivity index (χ0v) is 13.8. The van der Waals surface area contributed by atoms with Gasteiger partial charge in [0.15, 0.2) is 0 Å². The van der Waals surface area contributed by atoms with Crippen LogP contribution in [0.25, 0.3) is 0 Å². The van der Waals surface area contributed by atoms with Gasteiger partial charge in [0.2, 0.25) is 10.0 Å². The van der Waals surface area contributed by atoms with Gasteiger partial charge in [-0.3, -0.25) is 0 Å². The van der Waals surface area contributed by atoms with Crippen molar-refractivity contribution in [2.45, 2.75) is 43.9 Å². The van der Waals surface area contributed by atoms with Crippen LogP contribution in [0.1, 0.15) is 39.0 Å². The molecule has 120 valence electrons. The fourth-order valence-corrected chi connectivity index (χ4v) is 3.26. The molecule has 0 heterocycles. The largest absolute Gasteiger partial charge is 0.497 e. The molecule has 0 spiro atoms. The standard InChI is InChI=1S/C15H25NO4S/c1-4-5-6-7-8-11-16-21(17,18)15-12-13(19-2)9-10-14(15)20-3/h9-10,12,16H,4-8,11H2,1-3H3. The summed E-state index contributed by atoms with van der Waals surface area (Å²) in [6.07, 6.45) is 5.38. The molecule has 0 aliphatic heterocycles. The van der Waals surface area contributed by atoms with Gasteiger partial charge >= 0.3 is 0 Å². The SMILES string of the molecule is CCCCCCCNS(=O)(=O)c1cc(OC)ccc1OC. The number of hydrogen-bond donors (Lipinski definition) is 1. The maximum atomic E-state index is 12.3. The lowest BCUT2D eigenvalue weighted by Gasteiger charge is -2.12. The van der Waals surface area contributed by atoms with E-state index in [1.54, 1.807) is 12.1 Å². The van der Waals surface area contributed by atoms with Gasteiger partial charge in [-0.15, -0.1) is 0 Å². The lowest BCUT2D eigenvalue weighted by atomic mass is 10.2. The minimum Gasteiger partial charge on any atom is -0.497 e. The summed E-state index contributed by atoms with van der Waals surface area (Å²) >= 11 is 0. The third kappa shape index (κ3) is 5.55. The molecule has 21 heavy (non-hydrogen) atoms. The van der Waals surface area contributed by atoms with E-state index < -0.39 is 10.0 Å². The Kier molecular flexibility index (Phi) is 7.53. The maximum Gasteiger partial charge on any atom is 0.244 e. The summed E-state index contributed by atoms with van der Waals surface area (Å²) < 4.78 is 37.4. The van der Waals surface area contributed by atoms with Crippen LogP contribution in [0, 0.1) is 0 Å². The molecule has 1 aromatic carbocycles. The second-order valence-electron chi connectivity index (χ2n) is 4.83. The van der Waals surface area contributed by atoms with Crippen LogP contribution < -0.4 is 14.2 Å². The van der Waals surface area contributed by atoms with Crippen molar-refractivity contribution < 1.29 is 17.9 Å². The molecule has 0 radical (unpaired) electrons. The van der Waals surface area contributed by atoms with Gasteiger partial charge in [0.1, 0.15) is 16.4 Å². The number of rotatable bonds is 10. The average molecular weight is 315 g/mol. The molecule has 1 N–H and O–H groups in total. The highest BCUT2D eigenvalue weighted by Crippen LogP contribution is 2.27. The van der Waals surface area contributed by atoms with Crippen LogP contribution in [0.3, 0.4) is 0 Å². The van der Waals surface area contributed by atoms with Crippen molar-refractivity contribution in [3.05, 3.63) is 18.2 Å². The number of hydrogen-bond acceptors (Lipinski definition) is 4. The fourth-order valence-electron chi connectivity index (χ4n) is 2.01. The third-order valence-corrected chi connectivity index (χ3v) is 4.71. The molecule has 0 fully saturated rings. The van der Waals surface area contributed by atoms with Gasteiger partial charge in [0.25, 0.3) is 0 Å². The summed E-state index contributed by atoms with van der Waals surface area (Å²) in [5, 5.41) is 0. The quantitative estimate of drug-likeness (QED) is 0.674. The highest BCUT2D eigenvalue weighted by atomic mass is 32.2. The summed E-state index contributed by atoms with van der Waals surface area (Å²) in [6, 6.07) is 4.73.